The lowest BCUT2D eigenvalue weighted by molar-refractivity contribution is -0.146. The Hall–Kier alpha value is -3.16. The number of carbonyl (C=O) groups is 1. The van der Waals surface area contributed by atoms with Crippen molar-refractivity contribution in [2.24, 2.45) is 0 Å². The van der Waals surface area contributed by atoms with Gasteiger partial charge >= 0.3 is 5.97 Å². The average molecular weight is 403 g/mol. The van der Waals surface area contributed by atoms with Crippen LogP contribution in [0.5, 0.6) is 5.75 Å². The minimum Gasteiger partial charge on any atom is -0.425 e. The number of terminal acetylenes is 1. The summed E-state index contributed by atoms with van der Waals surface area (Å²) in [6, 6.07) is 16.0. The highest BCUT2D eigenvalue weighted by molar-refractivity contribution is 5.94. The lowest BCUT2D eigenvalue weighted by atomic mass is 9.90. The number of rotatable bonds is 5. The predicted octanol–water partition coefficient (Wildman–Crippen LogP) is 5.47. The number of esters is 1. The van der Waals surface area contributed by atoms with Crippen molar-refractivity contribution in [1.29, 1.82) is 0 Å². The molecular formula is C26H26FNO2. The molecule has 0 amide bonds. The fraction of sp³-hybridized carbons (Fsp3) is 0.269. The van der Waals surface area contributed by atoms with Crippen LogP contribution < -0.4 is 4.74 Å². The number of halogens is 1. The third kappa shape index (κ3) is 3.69. The first kappa shape index (κ1) is 21.5. The second-order valence-corrected chi connectivity index (χ2v) is 8.05. The molecule has 0 aliphatic rings. The van der Waals surface area contributed by atoms with Crippen molar-refractivity contribution in [1.82, 2.24) is 4.90 Å². The standard InChI is InChI=1S/C26H26FNO2/c1-7-21-23(27)14-13-18-15-20(16-22(17(2)3)24(18)21)30-25(29)26(4,28(5)6)19-11-9-8-10-12-19/h1,8-17H,2-6H3. The van der Waals surface area contributed by atoms with Crippen molar-refractivity contribution in [3.05, 3.63) is 77.1 Å². The third-order valence-electron chi connectivity index (χ3n) is 5.68. The first-order chi connectivity index (χ1) is 14.2. The Morgan fingerprint density at radius 1 is 1.13 bits per heavy atom. The molecule has 3 aromatic rings. The molecule has 0 saturated heterocycles. The van der Waals surface area contributed by atoms with E-state index in [2.05, 4.69) is 5.92 Å². The molecule has 4 heteroatoms. The SMILES string of the molecule is C#Cc1c(F)ccc2cc(OC(=O)C(C)(c3ccccc3)N(C)C)cc(C(C)C)c12. The number of hydrogen-bond donors (Lipinski definition) is 0. The second kappa shape index (κ2) is 8.30. The van der Waals surface area contributed by atoms with Crippen LogP contribution in [-0.4, -0.2) is 25.0 Å². The van der Waals surface area contributed by atoms with Gasteiger partial charge in [0, 0.05) is 5.39 Å². The van der Waals surface area contributed by atoms with E-state index in [1.54, 1.807) is 18.2 Å². The van der Waals surface area contributed by atoms with Gasteiger partial charge in [-0.1, -0.05) is 56.2 Å². The first-order valence-electron chi connectivity index (χ1n) is 9.88. The molecule has 0 aliphatic carbocycles. The summed E-state index contributed by atoms with van der Waals surface area (Å²) in [5, 5.41) is 1.43. The number of benzene rings is 3. The van der Waals surface area contributed by atoms with Gasteiger partial charge in [-0.2, -0.15) is 0 Å². The highest BCUT2D eigenvalue weighted by Crippen LogP contribution is 2.35. The molecule has 154 valence electrons. The van der Waals surface area contributed by atoms with Gasteiger partial charge in [0.2, 0.25) is 0 Å². The summed E-state index contributed by atoms with van der Waals surface area (Å²) in [5.41, 5.74) is 0.938. The second-order valence-electron chi connectivity index (χ2n) is 8.05. The minimum absolute atomic E-state index is 0.0643. The van der Waals surface area contributed by atoms with E-state index in [9.17, 15) is 9.18 Å². The van der Waals surface area contributed by atoms with Crippen LogP contribution in [0.4, 0.5) is 4.39 Å². The van der Waals surface area contributed by atoms with E-state index in [4.69, 9.17) is 11.2 Å². The summed E-state index contributed by atoms with van der Waals surface area (Å²) in [7, 11) is 3.69. The largest absolute Gasteiger partial charge is 0.425 e. The zero-order valence-electron chi connectivity index (χ0n) is 18.0. The average Bonchev–Trinajstić information content (AvgIpc) is 2.73. The molecule has 0 bridgehead atoms. The number of carbonyl (C=O) groups excluding carboxylic acids is 1. The molecule has 0 radical (unpaired) electrons. The molecule has 0 aromatic heterocycles. The van der Waals surface area contributed by atoms with Crippen LogP contribution in [0, 0.1) is 18.2 Å². The summed E-state index contributed by atoms with van der Waals surface area (Å²) in [5.74, 6) is 2.12. The summed E-state index contributed by atoms with van der Waals surface area (Å²) < 4.78 is 20.1. The molecular weight excluding hydrogens is 377 g/mol. The maximum absolute atomic E-state index is 14.3. The van der Waals surface area contributed by atoms with Crippen LogP contribution in [0.15, 0.2) is 54.6 Å². The minimum atomic E-state index is -0.971. The molecule has 0 heterocycles. The number of nitrogens with zero attached hydrogens (tertiary/aromatic N) is 1. The van der Waals surface area contributed by atoms with E-state index in [1.807, 2.05) is 70.1 Å². The van der Waals surface area contributed by atoms with Gasteiger partial charge in [-0.25, -0.2) is 9.18 Å². The Labute approximate surface area is 177 Å². The maximum Gasteiger partial charge on any atom is 0.336 e. The Morgan fingerprint density at radius 2 is 1.80 bits per heavy atom. The quantitative estimate of drug-likeness (QED) is 0.322. The van der Waals surface area contributed by atoms with E-state index in [0.29, 0.717) is 11.1 Å². The number of hydrogen-bond acceptors (Lipinski definition) is 3. The lowest BCUT2D eigenvalue weighted by Gasteiger charge is -2.34. The molecule has 0 spiro atoms. The van der Waals surface area contributed by atoms with Crippen molar-refractivity contribution in [2.75, 3.05) is 14.1 Å². The van der Waals surface area contributed by atoms with Gasteiger partial charge in [-0.05, 0) is 61.6 Å². The topological polar surface area (TPSA) is 29.5 Å². The smallest absolute Gasteiger partial charge is 0.336 e. The molecule has 1 atom stereocenters. The third-order valence-corrected chi connectivity index (χ3v) is 5.68. The van der Waals surface area contributed by atoms with Gasteiger partial charge < -0.3 is 4.74 Å². The van der Waals surface area contributed by atoms with E-state index in [1.165, 1.54) is 6.07 Å². The van der Waals surface area contributed by atoms with Crippen molar-refractivity contribution in [2.45, 2.75) is 32.2 Å². The first-order valence-corrected chi connectivity index (χ1v) is 9.88. The number of ether oxygens (including phenoxy) is 1. The maximum atomic E-state index is 14.3. The van der Waals surface area contributed by atoms with Crippen LogP contribution in [-0.2, 0) is 10.3 Å². The van der Waals surface area contributed by atoms with Crippen molar-refractivity contribution < 1.29 is 13.9 Å². The number of fused-ring (bicyclic) bond motifs is 1. The van der Waals surface area contributed by atoms with Crippen molar-refractivity contribution in [3.63, 3.8) is 0 Å². The zero-order chi connectivity index (χ0) is 22.1. The molecule has 1 unspecified atom stereocenters. The highest BCUT2D eigenvalue weighted by atomic mass is 19.1. The van der Waals surface area contributed by atoms with Crippen LogP contribution in [0.1, 0.15) is 43.4 Å². The molecule has 3 rings (SSSR count). The monoisotopic (exact) mass is 403 g/mol. The zero-order valence-corrected chi connectivity index (χ0v) is 18.0. The van der Waals surface area contributed by atoms with Gasteiger partial charge in [0.1, 0.15) is 17.1 Å². The van der Waals surface area contributed by atoms with Gasteiger partial charge in [0.15, 0.2) is 0 Å². The Bertz CT molecular complexity index is 1130. The molecule has 0 N–H and O–H groups in total. The Kier molecular flexibility index (Phi) is 5.96. The van der Waals surface area contributed by atoms with Crippen LogP contribution in [0.25, 0.3) is 10.8 Å². The summed E-state index contributed by atoms with van der Waals surface area (Å²) in [4.78, 5) is 15.1. The Morgan fingerprint density at radius 3 is 2.37 bits per heavy atom. The molecule has 3 aromatic carbocycles. The van der Waals surface area contributed by atoms with Gasteiger partial charge in [0.05, 0.1) is 5.56 Å². The lowest BCUT2D eigenvalue weighted by Crippen LogP contribution is -2.48. The van der Waals surface area contributed by atoms with Crippen LogP contribution in [0.3, 0.4) is 0 Å². The highest BCUT2D eigenvalue weighted by Gasteiger charge is 2.39. The Balaban J connectivity index is 2.11. The molecule has 3 nitrogen and oxygen atoms in total. The van der Waals surface area contributed by atoms with Gasteiger partial charge in [-0.3, -0.25) is 4.90 Å². The van der Waals surface area contributed by atoms with Gasteiger partial charge in [0.25, 0.3) is 0 Å². The molecule has 0 saturated carbocycles. The summed E-state index contributed by atoms with van der Waals surface area (Å²) >= 11 is 0. The van der Waals surface area contributed by atoms with E-state index < -0.39 is 17.3 Å². The molecule has 0 fully saturated rings. The van der Waals surface area contributed by atoms with E-state index in [-0.39, 0.29) is 11.5 Å². The fourth-order valence-corrected chi connectivity index (χ4v) is 3.63. The van der Waals surface area contributed by atoms with Gasteiger partial charge in [-0.15, -0.1) is 6.42 Å². The fourth-order valence-electron chi connectivity index (χ4n) is 3.63. The summed E-state index contributed by atoms with van der Waals surface area (Å²) in [6.07, 6.45) is 5.58. The van der Waals surface area contributed by atoms with E-state index >= 15 is 0 Å². The number of likely N-dealkylation sites (N-methyl/N-ethyl adjacent to an activating group) is 1. The normalized spacial score (nSPS) is 13.3. The predicted molar refractivity (Wildman–Crippen MR) is 119 cm³/mol. The van der Waals surface area contributed by atoms with Crippen LogP contribution >= 0.6 is 0 Å². The van der Waals surface area contributed by atoms with Crippen LogP contribution in [0.2, 0.25) is 0 Å². The molecule has 0 aliphatic heterocycles. The van der Waals surface area contributed by atoms with E-state index in [0.717, 1.165) is 16.5 Å². The van der Waals surface area contributed by atoms with Crippen molar-refractivity contribution >= 4 is 16.7 Å². The summed E-state index contributed by atoms with van der Waals surface area (Å²) in [6.45, 7) is 5.83. The molecule has 30 heavy (non-hydrogen) atoms. The van der Waals surface area contributed by atoms with Crippen molar-refractivity contribution in [3.8, 4) is 18.1 Å².